The summed E-state index contributed by atoms with van der Waals surface area (Å²) in [5, 5.41) is 3.45. The van der Waals surface area contributed by atoms with E-state index in [2.05, 4.69) is 12.2 Å². The molecule has 0 saturated carbocycles. The van der Waals surface area contributed by atoms with Gasteiger partial charge in [0.05, 0.1) is 0 Å². The van der Waals surface area contributed by atoms with Gasteiger partial charge in [-0.15, -0.1) is 0 Å². The van der Waals surface area contributed by atoms with E-state index in [-0.39, 0.29) is 11.9 Å². The summed E-state index contributed by atoms with van der Waals surface area (Å²) in [7, 11) is 0. The maximum Gasteiger partial charge on any atom is 0.161 e. The molecule has 0 radical (unpaired) electrons. The van der Waals surface area contributed by atoms with E-state index in [9.17, 15) is 4.39 Å². The van der Waals surface area contributed by atoms with Crippen LogP contribution in [0.15, 0.2) is 36.4 Å². The minimum atomic E-state index is -0.163. The molecule has 0 aromatic heterocycles. The third kappa shape index (κ3) is 3.22. The molecule has 1 aliphatic rings. The van der Waals surface area contributed by atoms with Crippen LogP contribution in [-0.2, 0) is 6.54 Å². The quantitative estimate of drug-likeness (QED) is 0.933. The van der Waals surface area contributed by atoms with Crippen molar-refractivity contribution in [2.45, 2.75) is 26.4 Å². The van der Waals surface area contributed by atoms with Gasteiger partial charge in [0.15, 0.2) is 11.5 Å². The molecular formula is C18H20FNO2. The van der Waals surface area contributed by atoms with Crippen LogP contribution in [0.1, 0.15) is 29.7 Å². The number of halogens is 1. The average molecular weight is 301 g/mol. The van der Waals surface area contributed by atoms with Crippen LogP contribution in [0.3, 0.4) is 0 Å². The Bertz CT molecular complexity index is 672. The largest absolute Gasteiger partial charge is 0.486 e. The molecule has 1 N–H and O–H groups in total. The second-order valence-electron chi connectivity index (χ2n) is 5.59. The van der Waals surface area contributed by atoms with Crippen LogP contribution in [0.25, 0.3) is 0 Å². The molecule has 1 atom stereocenters. The molecule has 22 heavy (non-hydrogen) atoms. The molecule has 3 nitrogen and oxygen atoms in total. The van der Waals surface area contributed by atoms with Crippen molar-refractivity contribution in [2.24, 2.45) is 0 Å². The summed E-state index contributed by atoms with van der Waals surface area (Å²) >= 11 is 0. The number of rotatable bonds is 4. The van der Waals surface area contributed by atoms with E-state index in [4.69, 9.17) is 9.47 Å². The summed E-state index contributed by atoms with van der Waals surface area (Å²) in [6.07, 6.45) is 0. The van der Waals surface area contributed by atoms with E-state index >= 15 is 0 Å². The minimum absolute atomic E-state index is 0.163. The van der Waals surface area contributed by atoms with Crippen molar-refractivity contribution in [1.82, 2.24) is 5.32 Å². The molecule has 1 unspecified atom stereocenters. The molecular weight excluding hydrogens is 281 g/mol. The highest BCUT2D eigenvalue weighted by molar-refractivity contribution is 5.44. The lowest BCUT2D eigenvalue weighted by Crippen LogP contribution is -2.19. The van der Waals surface area contributed by atoms with Crippen LogP contribution in [-0.4, -0.2) is 13.2 Å². The predicted molar refractivity (Wildman–Crippen MR) is 83.8 cm³/mol. The van der Waals surface area contributed by atoms with Crippen molar-refractivity contribution in [1.29, 1.82) is 0 Å². The van der Waals surface area contributed by atoms with Gasteiger partial charge in [0.25, 0.3) is 0 Å². The van der Waals surface area contributed by atoms with Gasteiger partial charge >= 0.3 is 0 Å². The fraction of sp³-hybridized carbons (Fsp3) is 0.333. The minimum Gasteiger partial charge on any atom is -0.486 e. The molecule has 0 amide bonds. The lowest BCUT2D eigenvalue weighted by atomic mass is 10.1. The molecule has 3 rings (SSSR count). The van der Waals surface area contributed by atoms with Crippen LogP contribution >= 0.6 is 0 Å². The molecule has 2 aromatic rings. The Hall–Kier alpha value is -2.07. The highest BCUT2D eigenvalue weighted by atomic mass is 19.1. The van der Waals surface area contributed by atoms with Gasteiger partial charge in [-0.25, -0.2) is 4.39 Å². The molecule has 0 fully saturated rings. The molecule has 1 aliphatic heterocycles. The Morgan fingerprint density at radius 3 is 2.64 bits per heavy atom. The zero-order chi connectivity index (χ0) is 15.5. The monoisotopic (exact) mass is 301 g/mol. The SMILES string of the molecule is Cc1cc(CNC(C)c2ccc3c(c2)OCCO3)ccc1F. The molecule has 0 saturated heterocycles. The van der Waals surface area contributed by atoms with Gasteiger partial charge in [-0.3, -0.25) is 0 Å². The first-order valence-corrected chi connectivity index (χ1v) is 7.51. The summed E-state index contributed by atoms with van der Waals surface area (Å²) in [6.45, 7) is 5.76. The van der Waals surface area contributed by atoms with Crippen molar-refractivity contribution in [3.05, 3.63) is 58.9 Å². The second-order valence-corrected chi connectivity index (χ2v) is 5.59. The van der Waals surface area contributed by atoms with Crippen LogP contribution in [0, 0.1) is 12.7 Å². The van der Waals surface area contributed by atoms with E-state index in [0.29, 0.717) is 25.3 Å². The van der Waals surface area contributed by atoms with Gasteiger partial charge in [-0.1, -0.05) is 18.2 Å². The second kappa shape index (κ2) is 6.36. The number of hydrogen-bond acceptors (Lipinski definition) is 3. The Labute approximate surface area is 130 Å². The van der Waals surface area contributed by atoms with Crippen molar-refractivity contribution in [3.63, 3.8) is 0 Å². The molecule has 0 aliphatic carbocycles. The summed E-state index contributed by atoms with van der Waals surface area (Å²) in [5.41, 5.74) is 2.89. The molecule has 0 bridgehead atoms. The van der Waals surface area contributed by atoms with Crippen LogP contribution in [0.5, 0.6) is 11.5 Å². The summed E-state index contributed by atoms with van der Waals surface area (Å²) < 4.78 is 24.4. The lowest BCUT2D eigenvalue weighted by Gasteiger charge is -2.21. The van der Waals surface area contributed by atoms with Crippen molar-refractivity contribution in [3.8, 4) is 11.5 Å². The van der Waals surface area contributed by atoms with Crippen molar-refractivity contribution >= 4 is 0 Å². The summed E-state index contributed by atoms with van der Waals surface area (Å²) in [5.74, 6) is 1.44. The Balaban J connectivity index is 1.66. The highest BCUT2D eigenvalue weighted by Gasteiger charge is 2.14. The van der Waals surface area contributed by atoms with Crippen LogP contribution in [0.2, 0.25) is 0 Å². The lowest BCUT2D eigenvalue weighted by molar-refractivity contribution is 0.171. The fourth-order valence-corrected chi connectivity index (χ4v) is 2.53. The van der Waals surface area contributed by atoms with E-state index in [1.807, 2.05) is 30.3 Å². The number of nitrogens with one attached hydrogen (secondary N) is 1. The van der Waals surface area contributed by atoms with Gasteiger partial charge in [-0.2, -0.15) is 0 Å². The number of benzene rings is 2. The number of hydrogen-bond donors (Lipinski definition) is 1. The Kier molecular flexibility index (Phi) is 4.29. The van der Waals surface area contributed by atoms with Crippen molar-refractivity contribution < 1.29 is 13.9 Å². The van der Waals surface area contributed by atoms with Crippen molar-refractivity contribution in [2.75, 3.05) is 13.2 Å². The molecule has 0 spiro atoms. The molecule has 2 aromatic carbocycles. The maximum absolute atomic E-state index is 13.3. The number of fused-ring (bicyclic) bond motifs is 1. The van der Waals surface area contributed by atoms with E-state index in [0.717, 1.165) is 22.6 Å². The predicted octanol–water partition coefficient (Wildman–Crippen LogP) is 3.76. The van der Waals surface area contributed by atoms with Crippen LogP contribution < -0.4 is 14.8 Å². The zero-order valence-electron chi connectivity index (χ0n) is 12.9. The fourth-order valence-electron chi connectivity index (χ4n) is 2.53. The van der Waals surface area contributed by atoms with E-state index < -0.39 is 0 Å². The van der Waals surface area contributed by atoms with Gasteiger partial charge in [0.2, 0.25) is 0 Å². The summed E-state index contributed by atoms with van der Waals surface area (Å²) in [6, 6.07) is 11.4. The Morgan fingerprint density at radius 2 is 1.86 bits per heavy atom. The third-order valence-corrected chi connectivity index (χ3v) is 3.90. The summed E-state index contributed by atoms with van der Waals surface area (Å²) in [4.78, 5) is 0. The molecule has 1 heterocycles. The normalized spacial score (nSPS) is 14.7. The number of aryl methyl sites for hydroxylation is 1. The topological polar surface area (TPSA) is 30.5 Å². The molecule has 116 valence electrons. The molecule has 4 heteroatoms. The first-order valence-electron chi connectivity index (χ1n) is 7.51. The average Bonchev–Trinajstić information content (AvgIpc) is 2.55. The Morgan fingerprint density at radius 1 is 1.09 bits per heavy atom. The van der Waals surface area contributed by atoms with Gasteiger partial charge in [-0.05, 0) is 48.7 Å². The van der Waals surface area contributed by atoms with Gasteiger partial charge in [0, 0.05) is 12.6 Å². The van der Waals surface area contributed by atoms with Crippen LogP contribution in [0.4, 0.5) is 4.39 Å². The highest BCUT2D eigenvalue weighted by Crippen LogP contribution is 2.32. The number of ether oxygens (including phenoxy) is 2. The van der Waals surface area contributed by atoms with E-state index in [1.165, 1.54) is 6.07 Å². The van der Waals surface area contributed by atoms with Gasteiger partial charge in [0.1, 0.15) is 19.0 Å². The smallest absolute Gasteiger partial charge is 0.161 e. The first kappa shape index (κ1) is 14.9. The van der Waals surface area contributed by atoms with Gasteiger partial charge < -0.3 is 14.8 Å². The first-order chi connectivity index (χ1) is 10.6. The maximum atomic E-state index is 13.3. The van der Waals surface area contributed by atoms with E-state index in [1.54, 1.807) is 6.92 Å². The standard InChI is InChI=1S/C18H20FNO2/c1-12-9-14(3-5-16(12)19)11-20-13(2)15-4-6-17-18(10-15)22-8-7-21-17/h3-6,9-10,13,20H,7-8,11H2,1-2H3. The third-order valence-electron chi connectivity index (χ3n) is 3.90. The zero-order valence-corrected chi connectivity index (χ0v) is 12.9.